The molecule has 1 aromatic carbocycles. The van der Waals surface area contributed by atoms with Crippen molar-refractivity contribution in [2.75, 3.05) is 11.9 Å². The molecule has 1 aromatic heterocycles. The van der Waals surface area contributed by atoms with E-state index < -0.39 is 4.92 Å². The predicted octanol–water partition coefficient (Wildman–Crippen LogP) is 2.71. The fourth-order valence-electron chi connectivity index (χ4n) is 1.67. The van der Waals surface area contributed by atoms with Crippen molar-refractivity contribution in [1.82, 2.24) is 0 Å². The molecule has 6 heteroatoms. The average molecular weight is 257 g/mol. The van der Waals surface area contributed by atoms with Gasteiger partial charge < -0.3 is 9.73 Å². The summed E-state index contributed by atoms with van der Waals surface area (Å²) in [7, 11) is 0. The van der Waals surface area contributed by atoms with Gasteiger partial charge in [-0.05, 0) is 24.3 Å². The number of benzene rings is 1. The number of anilines is 1. The van der Waals surface area contributed by atoms with Crippen LogP contribution < -0.4 is 5.32 Å². The van der Waals surface area contributed by atoms with Crippen LogP contribution in [0.1, 0.15) is 11.3 Å². The Morgan fingerprint density at radius 1 is 1.42 bits per heavy atom. The minimum absolute atomic E-state index is 0.0570. The van der Waals surface area contributed by atoms with Crippen molar-refractivity contribution in [3.63, 3.8) is 0 Å². The molecule has 19 heavy (non-hydrogen) atoms. The predicted molar refractivity (Wildman–Crippen MR) is 68.7 cm³/mol. The highest BCUT2D eigenvalue weighted by Crippen LogP contribution is 2.22. The molecule has 0 aliphatic rings. The topological polar surface area (TPSA) is 92.1 Å². The van der Waals surface area contributed by atoms with Gasteiger partial charge in [0.1, 0.15) is 17.4 Å². The van der Waals surface area contributed by atoms with E-state index in [0.29, 0.717) is 18.7 Å². The van der Waals surface area contributed by atoms with Crippen molar-refractivity contribution in [1.29, 1.82) is 5.26 Å². The molecule has 0 saturated carbocycles. The lowest BCUT2D eigenvalue weighted by Crippen LogP contribution is -2.05. The van der Waals surface area contributed by atoms with E-state index in [9.17, 15) is 10.1 Å². The van der Waals surface area contributed by atoms with Crippen LogP contribution in [0.4, 0.5) is 11.4 Å². The second kappa shape index (κ2) is 5.69. The fourth-order valence-corrected chi connectivity index (χ4v) is 1.67. The summed E-state index contributed by atoms with van der Waals surface area (Å²) in [6.45, 7) is 0.594. The van der Waals surface area contributed by atoms with Crippen LogP contribution in [0.25, 0.3) is 0 Å². The van der Waals surface area contributed by atoms with Crippen LogP contribution in [-0.4, -0.2) is 11.5 Å². The Kier molecular flexibility index (Phi) is 3.78. The van der Waals surface area contributed by atoms with Gasteiger partial charge in [-0.2, -0.15) is 5.26 Å². The summed E-state index contributed by atoms with van der Waals surface area (Å²) < 4.78 is 5.18. The maximum atomic E-state index is 10.8. The lowest BCUT2D eigenvalue weighted by atomic mass is 10.2. The quantitative estimate of drug-likeness (QED) is 0.656. The molecule has 0 saturated heterocycles. The molecule has 0 aliphatic carbocycles. The van der Waals surface area contributed by atoms with Crippen LogP contribution in [-0.2, 0) is 6.42 Å². The number of nitro benzene ring substituents is 1. The largest absolute Gasteiger partial charge is 0.469 e. The molecule has 1 N–H and O–H groups in total. The normalized spacial score (nSPS) is 9.84. The van der Waals surface area contributed by atoms with Crippen LogP contribution in [0.5, 0.6) is 0 Å². The maximum absolute atomic E-state index is 10.8. The van der Waals surface area contributed by atoms with E-state index >= 15 is 0 Å². The number of nitrogens with one attached hydrogen (secondary N) is 1. The average Bonchev–Trinajstić information content (AvgIpc) is 2.91. The number of hydrogen-bond acceptors (Lipinski definition) is 5. The van der Waals surface area contributed by atoms with Crippen LogP contribution in [0.3, 0.4) is 0 Å². The first-order valence-corrected chi connectivity index (χ1v) is 5.65. The standard InChI is InChI=1S/C13H11N3O3/c14-9-10-3-4-11(8-13(10)16(17)18)15-6-5-12-2-1-7-19-12/h1-4,7-8,15H,5-6H2. The molecule has 0 bridgehead atoms. The Balaban J connectivity index is 2.03. The van der Waals surface area contributed by atoms with Gasteiger partial charge in [-0.1, -0.05) is 0 Å². The molecule has 2 rings (SSSR count). The third-order valence-electron chi connectivity index (χ3n) is 2.60. The number of hydrogen-bond donors (Lipinski definition) is 1. The van der Waals surface area contributed by atoms with Gasteiger partial charge in [-0.3, -0.25) is 10.1 Å². The molecule has 1 heterocycles. The third kappa shape index (κ3) is 3.10. The molecule has 96 valence electrons. The van der Waals surface area contributed by atoms with Crippen molar-refractivity contribution in [2.45, 2.75) is 6.42 Å². The van der Waals surface area contributed by atoms with Gasteiger partial charge in [0.15, 0.2) is 0 Å². The molecule has 0 amide bonds. The molecule has 0 unspecified atom stereocenters. The van der Waals surface area contributed by atoms with E-state index in [1.54, 1.807) is 18.4 Å². The molecule has 0 spiro atoms. The smallest absolute Gasteiger partial charge is 0.289 e. The summed E-state index contributed by atoms with van der Waals surface area (Å²) in [5.41, 5.74) is 0.476. The minimum Gasteiger partial charge on any atom is -0.469 e. The Labute approximate surface area is 109 Å². The summed E-state index contributed by atoms with van der Waals surface area (Å²) in [6, 6.07) is 9.92. The summed E-state index contributed by atoms with van der Waals surface area (Å²) in [5.74, 6) is 0.843. The number of furan rings is 1. The minimum atomic E-state index is -0.559. The van der Waals surface area contributed by atoms with E-state index in [1.165, 1.54) is 12.1 Å². The van der Waals surface area contributed by atoms with E-state index in [0.717, 1.165) is 5.76 Å². The van der Waals surface area contributed by atoms with Gasteiger partial charge in [-0.15, -0.1) is 0 Å². The second-order valence-corrected chi connectivity index (χ2v) is 3.86. The van der Waals surface area contributed by atoms with Gasteiger partial charge in [0, 0.05) is 24.7 Å². The van der Waals surface area contributed by atoms with Crippen molar-refractivity contribution < 1.29 is 9.34 Å². The summed E-state index contributed by atoms with van der Waals surface area (Å²) in [4.78, 5) is 10.2. The molecule has 0 radical (unpaired) electrons. The molecule has 0 atom stereocenters. The van der Waals surface area contributed by atoms with Gasteiger partial charge >= 0.3 is 0 Å². The van der Waals surface area contributed by atoms with E-state index in [2.05, 4.69) is 5.32 Å². The zero-order valence-corrected chi connectivity index (χ0v) is 10.00. The third-order valence-corrected chi connectivity index (χ3v) is 2.60. The SMILES string of the molecule is N#Cc1ccc(NCCc2ccco2)cc1[N+](=O)[O-]. The van der Waals surface area contributed by atoms with Crippen molar-refractivity contribution in [3.05, 3.63) is 58.0 Å². The van der Waals surface area contributed by atoms with Gasteiger partial charge in [0.2, 0.25) is 0 Å². The molecule has 0 aliphatic heterocycles. The zero-order chi connectivity index (χ0) is 13.7. The number of rotatable bonds is 5. The number of nitro groups is 1. The first kappa shape index (κ1) is 12.6. The first-order valence-electron chi connectivity index (χ1n) is 5.65. The Morgan fingerprint density at radius 2 is 2.26 bits per heavy atom. The highest BCUT2D eigenvalue weighted by atomic mass is 16.6. The monoisotopic (exact) mass is 257 g/mol. The fraction of sp³-hybridized carbons (Fsp3) is 0.154. The van der Waals surface area contributed by atoms with Gasteiger partial charge in [-0.25, -0.2) is 0 Å². The van der Waals surface area contributed by atoms with Crippen LogP contribution in [0.2, 0.25) is 0 Å². The highest BCUT2D eigenvalue weighted by Gasteiger charge is 2.13. The lowest BCUT2D eigenvalue weighted by molar-refractivity contribution is -0.385. The number of nitriles is 1. The van der Waals surface area contributed by atoms with Gasteiger partial charge in [0.05, 0.1) is 11.2 Å². The highest BCUT2D eigenvalue weighted by molar-refractivity contribution is 5.59. The van der Waals surface area contributed by atoms with E-state index in [-0.39, 0.29) is 11.3 Å². The van der Waals surface area contributed by atoms with Crippen molar-refractivity contribution in [3.8, 4) is 6.07 Å². The summed E-state index contributed by atoms with van der Waals surface area (Å²) in [5, 5.41) is 22.6. The Morgan fingerprint density at radius 3 is 2.89 bits per heavy atom. The van der Waals surface area contributed by atoms with E-state index in [1.807, 2.05) is 12.1 Å². The van der Waals surface area contributed by atoms with Crippen molar-refractivity contribution in [2.24, 2.45) is 0 Å². The van der Waals surface area contributed by atoms with E-state index in [4.69, 9.17) is 9.68 Å². The van der Waals surface area contributed by atoms with Crippen LogP contribution in [0.15, 0.2) is 41.0 Å². The Hall–Kier alpha value is -2.81. The second-order valence-electron chi connectivity index (χ2n) is 3.86. The van der Waals surface area contributed by atoms with Gasteiger partial charge in [0.25, 0.3) is 5.69 Å². The van der Waals surface area contributed by atoms with Crippen LogP contribution in [0, 0.1) is 21.4 Å². The number of nitrogens with zero attached hydrogens (tertiary/aromatic N) is 2. The van der Waals surface area contributed by atoms with Crippen molar-refractivity contribution >= 4 is 11.4 Å². The molecule has 0 fully saturated rings. The zero-order valence-electron chi connectivity index (χ0n) is 10.00. The molecule has 2 aromatic rings. The lowest BCUT2D eigenvalue weighted by Gasteiger charge is -2.05. The first-order chi connectivity index (χ1) is 9.20. The summed E-state index contributed by atoms with van der Waals surface area (Å²) >= 11 is 0. The van der Waals surface area contributed by atoms with Crippen LogP contribution >= 0.6 is 0 Å². The molecular weight excluding hydrogens is 246 g/mol. The maximum Gasteiger partial charge on any atom is 0.289 e. The Bertz CT molecular complexity index is 615. The molecular formula is C13H11N3O3. The summed E-state index contributed by atoms with van der Waals surface area (Å²) in [6.07, 6.45) is 2.28. The molecule has 6 nitrogen and oxygen atoms in total.